The quantitative estimate of drug-likeness (QED) is 0.259. The molecule has 3 aliphatic heterocycles. The molecular weight excluding hydrogens is 645 g/mol. The van der Waals surface area contributed by atoms with Crippen LogP contribution in [0.5, 0.6) is 0 Å². The number of hydrogen-bond donors (Lipinski definition) is 2. The molecule has 4 heterocycles. The number of hydrogen-bond acceptors (Lipinski definition) is 8. The van der Waals surface area contributed by atoms with Gasteiger partial charge in [0.25, 0.3) is 5.56 Å². The Balaban J connectivity index is 0.000000235. The number of nitrogens with zero attached hydrogens (tertiary/aromatic N) is 5. The van der Waals surface area contributed by atoms with Gasteiger partial charge in [-0.1, -0.05) is 56.0 Å². The van der Waals surface area contributed by atoms with Crippen molar-refractivity contribution >= 4 is 23.0 Å². The van der Waals surface area contributed by atoms with Gasteiger partial charge in [0.05, 0.1) is 23.2 Å². The summed E-state index contributed by atoms with van der Waals surface area (Å²) in [7, 11) is 2.13. The first-order chi connectivity index (χ1) is 24.2. The summed E-state index contributed by atoms with van der Waals surface area (Å²) in [6.07, 6.45) is 7.33. The van der Waals surface area contributed by atoms with Crippen molar-refractivity contribution in [1.82, 2.24) is 35.1 Å². The van der Waals surface area contributed by atoms with E-state index in [9.17, 15) is 18.8 Å². The van der Waals surface area contributed by atoms with Gasteiger partial charge in [0.2, 0.25) is 5.91 Å². The van der Waals surface area contributed by atoms with Crippen molar-refractivity contribution in [3.05, 3.63) is 99.8 Å². The van der Waals surface area contributed by atoms with Gasteiger partial charge >= 0.3 is 0 Å². The van der Waals surface area contributed by atoms with Crippen molar-refractivity contribution in [2.45, 2.75) is 40.5 Å². The number of carbonyl (C=O) groups excluding carboxylic acids is 2. The molecule has 2 aromatic carbocycles. The van der Waals surface area contributed by atoms with Crippen LogP contribution in [0.1, 0.15) is 55.7 Å². The fourth-order valence-electron chi connectivity index (χ4n) is 6.51. The number of H-pyrrole nitrogens is 1. The maximum atomic E-state index is 13.3. The molecule has 51 heavy (non-hydrogen) atoms. The van der Waals surface area contributed by atoms with E-state index in [-0.39, 0.29) is 18.5 Å². The van der Waals surface area contributed by atoms with Crippen LogP contribution < -0.4 is 10.9 Å². The first-order valence-electron chi connectivity index (χ1n) is 17.8. The Morgan fingerprint density at radius 1 is 0.980 bits per heavy atom. The number of carbonyl (C=O) groups is 2. The number of aldehydes is 1. The van der Waals surface area contributed by atoms with Crippen molar-refractivity contribution in [1.29, 1.82) is 0 Å². The molecule has 2 N–H and O–H groups in total. The van der Waals surface area contributed by atoms with Gasteiger partial charge < -0.3 is 20.0 Å². The second kappa shape index (κ2) is 21.4. The lowest BCUT2D eigenvalue weighted by Crippen LogP contribution is -2.51. The molecule has 10 nitrogen and oxygen atoms in total. The Labute approximate surface area is 303 Å². The fraction of sp³-hybridized carbons (Fsp3) is 0.500. The molecule has 11 heteroatoms. The molecule has 0 spiro atoms. The first-order valence-corrected chi connectivity index (χ1v) is 17.8. The number of rotatable bonds is 8. The number of likely N-dealkylation sites (tertiary alicyclic amines) is 1. The number of aromatic nitrogens is 2. The molecule has 0 aliphatic carbocycles. The molecule has 0 bridgehead atoms. The predicted octanol–water partition coefficient (Wildman–Crippen LogP) is 4.62. The van der Waals surface area contributed by atoms with E-state index in [1.165, 1.54) is 44.6 Å². The third-order valence-corrected chi connectivity index (χ3v) is 9.43. The molecule has 0 radical (unpaired) electrons. The van der Waals surface area contributed by atoms with Gasteiger partial charge in [-0.25, -0.2) is 9.49 Å². The van der Waals surface area contributed by atoms with Gasteiger partial charge in [-0.05, 0) is 76.5 Å². The zero-order valence-electron chi connectivity index (χ0n) is 30.0. The van der Waals surface area contributed by atoms with Gasteiger partial charge in [-0.15, -0.1) is 0 Å². The third kappa shape index (κ3) is 13.2. The molecule has 3 aromatic rings. The standard InChI is InChI=1S/C17H33N5O.C16H11FN2O2.C6H10.CH4/c1-19-10-12-22(13-11-19)17(23)15-20-6-2-16(3-7-20)14-21-8-4-18-5-9-21;17-14-6-5-10(7-11(14)9-20)8-15-12-3-1-2-4-13(12)16(21)19-18-15;1-4-5-6(2)3;/h16,18H,2-15H2,1H3;1-7,9H,8H2,(H,19,21);4-5H,2H2,1,3H3;1H4/b;;5-4-;. The summed E-state index contributed by atoms with van der Waals surface area (Å²) >= 11 is 0. The lowest BCUT2D eigenvalue weighted by Gasteiger charge is -2.37. The summed E-state index contributed by atoms with van der Waals surface area (Å²) in [6, 6.07) is 11.5. The van der Waals surface area contributed by atoms with Crippen LogP contribution in [-0.4, -0.2) is 128 Å². The summed E-state index contributed by atoms with van der Waals surface area (Å²) in [5, 5.41) is 11.2. The topological polar surface area (TPSA) is 105 Å². The number of nitrogens with one attached hydrogen (secondary N) is 2. The number of amides is 1. The molecular formula is C40H58FN7O3. The van der Waals surface area contributed by atoms with E-state index in [0.29, 0.717) is 36.2 Å². The van der Waals surface area contributed by atoms with Gasteiger partial charge in [0, 0.05) is 70.7 Å². The molecule has 0 atom stereocenters. The first kappa shape index (κ1) is 41.4. The highest BCUT2D eigenvalue weighted by Crippen LogP contribution is 2.20. The van der Waals surface area contributed by atoms with Crippen molar-refractivity contribution in [2.24, 2.45) is 5.92 Å². The van der Waals surface area contributed by atoms with E-state index in [0.717, 1.165) is 74.8 Å². The Bertz CT molecular complexity index is 1640. The van der Waals surface area contributed by atoms with Crippen LogP contribution in [0, 0.1) is 11.7 Å². The highest BCUT2D eigenvalue weighted by atomic mass is 19.1. The minimum Gasteiger partial charge on any atom is -0.339 e. The molecule has 3 saturated heterocycles. The molecule has 1 aromatic heterocycles. The van der Waals surface area contributed by atoms with Crippen molar-refractivity contribution < 1.29 is 14.0 Å². The lowest BCUT2D eigenvalue weighted by molar-refractivity contribution is -0.134. The normalized spacial score (nSPS) is 17.5. The molecule has 3 fully saturated rings. The number of halogens is 1. The average molecular weight is 704 g/mol. The summed E-state index contributed by atoms with van der Waals surface area (Å²) in [5.41, 5.74) is 2.30. The largest absolute Gasteiger partial charge is 0.339 e. The Morgan fingerprint density at radius 3 is 2.25 bits per heavy atom. The van der Waals surface area contributed by atoms with Crippen LogP contribution in [0.15, 0.2) is 71.6 Å². The van der Waals surface area contributed by atoms with Crippen LogP contribution in [0.25, 0.3) is 10.8 Å². The van der Waals surface area contributed by atoms with Crippen molar-refractivity contribution in [3.63, 3.8) is 0 Å². The van der Waals surface area contributed by atoms with E-state index in [2.05, 4.69) is 43.8 Å². The average Bonchev–Trinajstić information content (AvgIpc) is 3.12. The van der Waals surface area contributed by atoms with Gasteiger partial charge in [-0.2, -0.15) is 5.10 Å². The number of allylic oxidation sites excluding steroid dienone is 3. The number of piperidine rings is 1. The van der Waals surface area contributed by atoms with Gasteiger partial charge in [0.1, 0.15) is 5.82 Å². The molecule has 6 rings (SSSR count). The van der Waals surface area contributed by atoms with E-state index in [4.69, 9.17) is 0 Å². The Hall–Kier alpha value is -4.03. The highest BCUT2D eigenvalue weighted by Gasteiger charge is 2.26. The summed E-state index contributed by atoms with van der Waals surface area (Å²) in [6.45, 7) is 20.2. The molecule has 0 unspecified atom stereocenters. The highest BCUT2D eigenvalue weighted by molar-refractivity contribution is 5.83. The van der Waals surface area contributed by atoms with Crippen LogP contribution in [0.3, 0.4) is 0 Å². The van der Waals surface area contributed by atoms with Crippen LogP contribution in [0.2, 0.25) is 0 Å². The second-order valence-electron chi connectivity index (χ2n) is 13.5. The number of likely N-dealkylation sites (N-methyl/N-ethyl adjacent to an activating group) is 1. The minimum absolute atomic E-state index is 0. The Kier molecular flexibility index (Phi) is 17.3. The third-order valence-electron chi connectivity index (χ3n) is 9.43. The minimum atomic E-state index is -0.548. The van der Waals surface area contributed by atoms with Crippen LogP contribution in [-0.2, 0) is 11.2 Å². The molecule has 0 saturated carbocycles. The number of fused-ring (bicyclic) bond motifs is 1. The van der Waals surface area contributed by atoms with E-state index >= 15 is 0 Å². The molecule has 278 valence electrons. The van der Waals surface area contributed by atoms with E-state index in [1.807, 2.05) is 43.0 Å². The summed E-state index contributed by atoms with van der Waals surface area (Å²) < 4.78 is 13.3. The van der Waals surface area contributed by atoms with Crippen LogP contribution >= 0.6 is 0 Å². The number of piperazine rings is 2. The Morgan fingerprint density at radius 2 is 1.65 bits per heavy atom. The van der Waals surface area contributed by atoms with E-state index in [1.54, 1.807) is 18.2 Å². The molecule has 3 aliphatic rings. The second-order valence-corrected chi connectivity index (χ2v) is 13.5. The lowest BCUT2D eigenvalue weighted by atomic mass is 9.96. The smallest absolute Gasteiger partial charge is 0.272 e. The zero-order valence-corrected chi connectivity index (χ0v) is 30.0. The maximum Gasteiger partial charge on any atom is 0.272 e. The van der Waals surface area contributed by atoms with E-state index < -0.39 is 5.82 Å². The van der Waals surface area contributed by atoms with Gasteiger partial charge in [-0.3, -0.25) is 19.3 Å². The monoisotopic (exact) mass is 703 g/mol. The summed E-state index contributed by atoms with van der Waals surface area (Å²) in [5.74, 6) is 0.606. The predicted molar refractivity (Wildman–Crippen MR) is 206 cm³/mol. The van der Waals surface area contributed by atoms with Crippen molar-refractivity contribution in [2.75, 3.05) is 85.6 Å². The number of aromatic amines is 1. The van der Waals surface area contributed by atoms with Crippen LogP contribution in [0.4, 0.5) is 4.39 Å². The fourth-order valence-corrected chi connectivity index (χ4v) is 6.51. The SMILES string of the molecule is C.C=C(C)/C=C\C.CN1CCN(C(=O)CN2CCC(CN3CCNCC3)CC2)CC1.O=Cc1cc(Cc2n[nH]c(=O)c3ccccc23)ccc1F. The number of benzene rings is 2. The zero-order chi connectivity index (χ0) is 35.9. The maximum absolute atomic E-state index is 13.3. The van der Waals surface area contributed by atoms with Gasteiger partial charge in [0.15, 0.2) is 6.29 Å². The van der Waals surface area contributed by atoms with Crippen molar-refractivity contribution in [3.8, 4) is 0 Å². The molecule has 1 amide bonds. The summed E-state index contributed by atoms with van der Waals surface area (Å²) in [4.78, 5) is 44.2.